The summed E-state index contributed by atoms with van der Waals surface area (Å²) in [6, 6.07) is -3.29. The second kappa shape index (κ2) is 5.45. The number of hydrogen-bond acceptors (Lipinski definition) is 3. The van der Waals surface area contributed by atoms with Crippen LogP contribution in [0.1, 0.15) is 0 Å². The highest BCUT2D eigenvalue weighted by Crippen LogP contribution is 2.15. The Morgan fingerprint density at radius 3 is 1.60 bits per heavy atom. The van der Waals surface area contributed by atoms with Gasteiger partial charge in [-0.15, -0.1) is 0 Å². The molecule has 10 heavy (non-hydrogen) atoms. The third kappa shape index (κ3) is 4.54. The van der Waals surface area contributed by atoms with Crippen LogP contribution in [0.3, 0.4) is 0 Å². The van der Waals surface area contributed by atoms with Crippen LogP contribution in [0, 0.1) is 0 Å². The zero-order valence-corrected chi connectivity index (χ0v) is 5.94. The van der Waals surface area contributed by atoms with Crippen molar-refractivity contribution in [1.82, 2.24) is 4.90 Å². The molecule has 0 unspecified atom stereocenters. The number of halogens is 3. The van der Waals surface area contributed by atoms with Gasteiger partial charge in [-0.1, -0.05) is 0 Å². The third-order valence-corrected chi connectivity index (χ3v) is 0.815. The number of hydrogen-bond donors (Lipinski definition) is 2. The van der Waals surface area contributed by atoms with Crippen LogP contribution in [0.25, 0.3) is 0 Å². The summed E-state index contributed by atoms with van der Waals surface area (Å²) in [6.45, 7) is -1.62. The summed E-state index contributed by atoms with van der Waals surface area (Å²) in [6.07, 6.45) is 0. The SMILES string of the molecule is CN(C)C(F)(F)CF.NN. The molecule has 0 aliphatic rings. The van der Waals surface area contributed by atoms with Crippen LogP contribution in [-0.4, -0.2) is 31.7 Å². The van der Waals surface area contributed by atoms with Crippen molar-refractivity contribution in [3.05, 3.63) is 0 Å². The van der Waals surface area contributed by atoms with Crippen LogP contribution >= 0.6 is 0 Å². The lowest BCUT2D eigenvalue weighted by atomic mass is 10.6. The van der Waals surface area contributed by atoms with Crippen molar-refractivity contribution in [2.45, 2.75) is 6.05 Å². The van der Waals surface area contributed by atoms with Gasteiger partial charge in [-0.25, -0.2) is 9.29 Å². The first-order chi connectivity index (χ1) is 4.50. The minimum absolute atomic E-state index is 0.535. The van der Waals surface area contributed by atoms with E-state index in [4.69, 9.17) is 0 Å². The van der Waals surface area contributed by atoms with Gasteiger partial charge < -0.3 is 0 Å². The van der Waals surface area contributed by atoms with Gasteiger partial charge in [0.05, 0.1) is 0 Å². The molecule has 0 aliphatic heterocycles. The summed E-state index contributed by atoms with van der Waals surface area (Å²) in [7, 11) is 2.25. The van der Waals surface area contributed by atoms with Crippen molar-refractivity contribution in [3.8, 4) is 0 Å². The van der Waals surface area contributed by atoms with Crippen LogP contribution in [0.2, 0.25) is 0 Å². The molecular weight excluding hydrogens is 147 g/mol. The highest BCUT2D eigenvalue weighted by atomic mass is 19.3. The first-order valence-corrected chi connectivity index (χ1v) is 2.45. The highest BCUT2D eigenvalue weighted by Gasteiger charge is 2.31. The largest absolute Gasteiger partial charge is 0.332 e. The fraction of sp³-hybridized carbons (Fsp3) is 1.00. The fourth-order valence-corrected chi connectivity index (χ4v) is 0.120. The zero-order chi connectivity index (χ0) is 8.78. The van der Waals surface area contributed by atoms with E-state index in [-0.39, 0.29) is 0 Å². The van der Waals surface area contributed by atoms with Crippen LogP contribution < -0.4 is 11.7 Å². The summed E-state index contributed by atoms with van der Waals surface area (Å²) in [5.74, 6) is 8.00. The molecule has 0 spiro atoms. The summed E-state index contributed by atoms with van der Waals surface area (Å²) < 4.78 is 34.9. The lowest BCUT2D eigenvalue weighted by molar-refractivity contribution is -0.135. The Bertz CT molecular complexity index is 76.1. The van der Waals surface area contributed by atoms with Gasteiger partial charge in [0.15, 0.2) is 6.67 Å². The minimum atomic E-state index is -3.29. The van der Waals surface area contributed by atoms with E-state index in [1.165, 1.54) is 0 Å². The summed E-state index contributed by atoms with van der Waals surface area (Å²) >= 11 is 0. The second-order valence-electron chi connectivity index (χ2n) is 1.69. The Hall–Kier alpha value is -0.330. The van der Waals surface area contributed by atoms with E-state index in [9.17, 15) is 13.2 Å². The van der Waals surface area contributed by atoms with Crippen molar-refractivity contribution in [2.24, 2.45) is 11.7 Å². The van der Waals surface area contributed by atoms with E-state index in [1.54, 1.807) is 0 Å². The maximum absolute atomic E-state index is 11.8. The number of hydrazine groups is 1. The van der Waals surface area contributed by atoms with Crippen molar-refractivity contribution < 1.29 is 13.2 Å². The maximum atomic E-state index is 11.8. The Balaban J connectivity index is 0. The predicted molar refractivity (Wildman–Crippen MR) is 33.0 cm³/mol. The molecule has 0 radical (unpaired) electrons. The zero-order valence-electron chi connectivity index (χ0n) is 5.94. The Kier molecular flexibility index (Phi) is 6.74. The molecule has 6 heteroatoms. The van der Waals surface area contributed by atoms with Gasteiger partial charge in [-0.05, 0) is 14.1 Å². The van der Waals surface area contributed by atoms with E-state index in [1.807, 2.05) is 0 Å². The molecule has 0 aliphatic carbocycles. The van der Waals surface area contributed by atoms with Gasteiger partial charge in [0, 0.05) is 0 Å². The molecule has 0 fully saturated rings. The molecule has 0 bridgehead atoms. The summed E-state index contributed by atoms with van der Waals surface area (Å²) in [5, 5.41) is 0. The second-order valence-corrected chi connectivity index (χ2v) is 1.69. The van der Waals surface area contributed by atoms with Gasteiger partial charge in [0.1, 0.15) is 0 Å². The molecule has 0 saturated carbocycles. The summed E-state index contributed by atoms with van der Waals surface area (Å²) in [5.41, 5.74) is 0. The monoisotopic (exact) mass is 159 g/mol. The fourth-order valence-electron chi connectivity index (χ4n) is 0.120. The normalized spacial score (nSPS) is 10.8. The Morgan fingerprint density at radius 1 is 1.30 bits per heavy atom. The van der Waals surface area contributed by atoms with Gasteiger partial charge in [0.25, 0.3) is 0 Å². The van der Waals surface area contributed by atoms with Gasteiger partial charge >= 0.3 is 6.05 Å². The van der Waals surface area contributed by atoms with E-state index in [2.05, 4.69) is 11.7 Å². The highest BCUT2D eigenvalue weighted by molar-refractivity contribution is 4.58. The number of rotatable bonds is 2. The maximum Gasteiger partial charge on any atom is 0.332 e. The standard InChI is InChI=1S/C4H8F3N.H4N2/c1-8(2)4(6,7)3-5;1-2/h3H2,1-2H3;1-2H2. The first kappa shape index (κ1) is 12.4. The van der Waals surface area contributed by atoms with E-state index < -0.39 is 12.7 Å². The van der Waals surface area contributed by atoms with Crippen molar-refractivity contribution >= 4 is 0 Å². The molecular formula is C4H12F3N3. The summed E-state index contributed by atoms with van der Waals surface area (Å²) in [4.78, 5) is 0.535. The van der Waals surface area contributed by atoms with Crippen LogP contribution in [0.15, 0.2) is 0 Å². The van der Waals surface area contributed by atoms with Crippen LogP contribution in [0.4, 0.5) is 13.2 Å². The lowest BCUT2D eigenvalue weighted by Crippen LogP contribution is -2.37. The van der Waals surface area contributed by atoms with Gasteiger partial charge in [-0.3, -0.25) is 11.7 Å². The van der Waals surface area contributed by atoms with Crippen LogP contribution in [0.5, 0.6) is 0 Å². The minimum Gasteiger partial charge on any atom is -0.274 e. The molecule has 0 atom stereocenters. The quantitative estimate of drug-likeness (QED) is 0.337. The smallest absolute Gasteiger partial charge is 0.274 e. The van der Waals surface area contributed by atoms with Crippen LogP contribution in [-0.2, 0) is 0 Å². The van der Waals surface area contributed by atoms with E-state index >= 15 is 0 Å². The molecule has 0 aromatic heterocycles. The third-order valence-electron chi connectivity index (χ3n) is 0.815. The molecule has 64 valence electrons. The topological polar surface area (TPSA) is 55.3 Å². The van der Waals surface area contributed by atoms with Crippen molar-refractivity contribution in [1.29, 1.82) is 0 Å². The molecule has 0 saturated heterocycles. The van der Waals surface area contributed by atoms with E-state index in [0.717, 1.165) is 14.1 Å². The Morgan fingerprint density at radius 2 is 1.60 bits per heavy atom. The van der Waals surface area contributed by atoms with Crippen molar-refractivity contribution in [3.63, 3.8) is 0 Å². The average molecular weight is 159 g/mol. The molecule has 0 amide bonds. The molecule has 0 aromatic carbocycles. The molecule has 0 aromatic rings. The molecule has 0 heterocycles. The number of nitrogens with zero attached hydrogens (tertiary/aromatic N) is 1. The number of nitrogens with two attached hydrogens (primary N) is 2. The predicted octanol–water partition coefficient (Wildman–Crippen LogP) is -0.0709. The van der Waals surface area contributed by atoms with E-state index in [0.29, 0.717) is 4.90 Å². The Labute approximate surface area is 57.7 Å². The lowest BCUT2D eigenvalue weighted by Gasteiger charge is -2.19. The van der Waals surface area contributed by atoms with Gasteiger partial charge in [0.2, 0.25) is 0 Å². The first-order valence-electron chi connectivity index (χ1n) is 2.45. The average Bonchev–Trinajstić information content (AvgIpc) is 1.92. The molecule has 4 N–H and O–H groups in total. The van der Waals surface area contributed by atoms with Gasteiger partial charge in [-0.2, -0.15) is 8.78 Å². The van der Waals surface area contributed by atoms with Crippen molar-refractivity contribution in [2.75, 3.05) is 20.8 Å². The number of alkyl halides is 3. The molecule has 3 nitrogen and oxygen atoms in total. The molecule has 0 rings (SSSR count).